The molecule has 2 aromatic rings. The van der Waals surface area contributed by atoms with Crippen molar-refractivity contribution in [2.45, 2.75) is 12.8 Å². The Morgan fingerprint density at radius 2 is 1.84 bits per heavy atom. The fourth-order valence-electron chi connectivity index (χ4n) is 2.96. The molecule has 0 saturated carbocycles. The number of halogens is 1. The Labute approximate surface area is 157 Å². The van der Waals surface area contributed by atoms with Crippen LogP contribution in [0.1, 0.15) is 22.5 Å². The van der Waals surface area contributed by atoms with E-state index in [2.05, 4.69) is 62.4 Å². The summed E-state index contributed by atoms with van der Waals surface area (Å²) in [5.74, 6) is 0.166. The highest BCUT2D eigenvalue weighted by molar-refractivity contribution is 9.10. The normalized spacial score (nSPS) is 15.4. The van der Waals surface area contributed by atoms with Crippen molar-refractivity contribution in [1.82, 2.24) is 10.2 Å². The molecule has 0 radical (unpaired) electrons. The van der Waals surface area contributed by atoms with Gasteiger partial charge in [-0.1, -0.05) is 12.1 Å². The second-order valence-corrected chi connectivity index (χ2v) is 7.20. The predicted octanol–water partition coefficient (Wildman–Crippen LogP) is 3.16. The van der Waals surface area contributed by atoms with Crippen LogP contribution >= 0.6 is 15.9 Å². The molecule has 1 aromatic heterocycles. The van der Waals surface area contributed by atoms with Gasteiger partial charge in [0.25, 0.3) is 5.91 Å². The number of hydrogen-bond donors (Lipinski definition) is 1. The van der Waals surface area contributed by atoms with E-state index in [-0.39, 0.29) is 5.91 Å². The summed E-state index contributed by atoms with van der Waals surface area (Å²) < 4.78 is 5.80. The first kappa shape index (κ1) is 18.0. The van der Waals surface area contributed by atoms with Gasteiger partial charge in [-0.05, 0) is 65.6 Å². The summed E-state index contributed by atoms with van der Waals surface area (Å²) in [5.41, 5.74) is 2.60. The maximum Gasteiger partial charge on any atom is 0.287 e. The summed E-state index contributed by atoms with van der Waals surface area (Å²) in [6, 6.07) is 12.2. The Kier molecular flexibility index (Phi) is 6.15. The lowest BCUT2D eigenvalue weighted by Gasteiger charge is -2.34. The van der Waals surface area contributed by atoms with Gasteiger partial charge in [-0.25, -0.2) is 0 Å². The van der Waals surface area contributed by atoms with Gasteiger partial charge in [-0.2, -0.15) is 0 Å². The highest BCUT2D eigenvalue weighted by atomic mass is 79.9. The zero-order chi connectivity index (χ0) is 17.6. The Morgan fingerprint density at radius 1 is 1.12 bits per heavy atom. The third-order valence-electron chi connectivity index (χ3n) is 4.53. The molecule has 1 saturated heterocycles. The van der Waals surface area contributed by atoms with E-state index in [0.717, 1.165) is 39.0 Å². The van der Waals surface area contributed by atoms with Crippen LogP contribution in [0.15, 0.2) is 45.5 Å². The summed E-state index contributed by atoms with van der Waals surface area (Å²) in [6.45, 7) is 5.05. The molecule has 0 atom stereocenters. The number of anilines is 1. The molecule has 1 aliphatic rings. The number of nitrogens with zero attached hydrogens (tertiary/aromatic N) is 2. The minimum Gasteiger partial charge on any atom is -0.444 e. The molecule has 5 nitrogen and oxygen atoms in total. The maximum absolute atomic E-state index is 11.9. The molecule has 1 fully saturated rings. The van der Waals surface area contributed by atoms with Crippen molar-refractivity contribution in [3.8, 4) is 0 Å². The molecule has 0 bridgehead atoms. The minimum absolute atomic E-state index is 0.170. The number of hydrogen-bond acceptors (Lipinski definition) is 4. The summed E-state index contributed by atoms with van der Waals surface area (Å²) in [5, 5.41) is 2.88. The van der Waals surface area contributed by atoms with Crippen molar-refractivity contribution >= 4 is 27.5 Å². The minimum atomic E-state index is -0.170. The van der Waals surface area contributed by atoms with Gasteiger partial charge in [0.1, 0.15) is 0 Å². The first-order valence-electron chi connectivity index (χ1n) is 8.68. The van der Waals surface area contributed by atoms with Crippen molar-refractivity contribution in [3.63, 3.8) is 0 Å². The highest BCUT2D eigenvalue weighted by Crippen LogP contribution is 2.18. The lowest BCUT2D eigenvalue weighted by Crippen LogP contribution is -2.44. The van der Waals surface area contributed by atoms with Crippen molar-refractivity contribution < 1.29 is 9.21 Å². The zero-order valence-corrected chi connectivity index (χ0v) is 16.1. The number of furan rings is 1. The van der Waals surface area contributed by atoms with E-state index < -0.39 is 0 Å². The van der Waals surface area contributed by atoms with Gasteiger partial charge >= 0.3 is 0 Å². The lowest BCUT2D eigenvalue weighted by atomic mass is 10.1. The Morgan fingerprint density at radius 3 is 2.48 bits per heavy atom. The topological polar surface area (TPSA) is 48.7 Å². The second-order valence-electron chi connectivity index (χ2n) is 6.42. The molecule has 1 N–H and O–H groups in total. The van der Waals surface area contributed by atoms with E-state index >= 15 is 0 Å². The Bertz CT molecular complexity index is 691. The molecule has 2 heterocycles. The average molecular weight is 406 g/mol. The van der Waals surface area contributed by atoms with Crippen molar-refractivity contribution in [2.75, 3.05) is 44.7 Å². The number of likely N-dealkylation sites (N-methyl/N-ethyl adjacent to an activating group) is 1. The summed E-state index contributed by atoms with van der Waals surface area (Å²) in [4.78, 5) is 16.7. The summed E-state index contributed by atoms with van der Waals surface area (Å²) in [6.07, 6.45) is 1.85. The molecule has 1 aliphatic heterocycles. The van der Waals surface area contributed by atoms with E-state index in [1.54, 1.807) is 12.1 Å². The summed E-state index contributed by atoms with van der Waals surface area (Å²) in [7, 11) is 2.17. The fraction of sp³-hybridized carbons (Fsp3) is 0.421. The molecule has 0 unspecified atom stereocenters. The monoisotopic (exact) mass is 405 g/mol. The number of nitrogens with one attached hydrogen (secondary N) is 1. The molecule has 25 heavy (non-hydrogen) atoms. The lowest BCUT2D eigenvalue weighted by molar-refractivity contribution is 0.0924. The number of rotatable bonds is 6. The van der Waals surface area contributed by atoms with E-state index in [0.29, 0.717) is 17.0 Å². The number of benzene rings is 1. The molecule has 1 aromatic carbocycles. The van der Waals surface area contributed by atoms with Gasteiger partial charge in [0, 0.05) is 38.4 Å². The average Bonchev–Trinajstić information content (AvgIpc) is 3.06. The van der Waals surface area contributed by atoms with Gasteiger partial charge in [-0.3, -0.25) is 4.79 Å². The molecular formula is C19H24BrN3O2. The van der Waals surface area contributed by atoms with Gasteiger partial charge < -0.3 is 19.5 Å². The molecule has 0 spiro atoms. The van der Waals surface area contributed by atoms with E-state index in [1.165, 1.54) is 11.3 Å². The van der Waals surface area contributed by atoms with Crippen LogP contribution in [0.2, 0.25) is 0 Å². The van der Waals surface area contributed by atoms with Crippen LogP contribution in [0.25, 0.3) is 0 Å². The van der Waals surface area contributed by atoms with Gasteiger partial charge in [0.05, 0.1) is 0 Å². The second kappa shape index (κ2) is 8.54. The van der Waals surface area contributed by atoms with E-state index in [4.69, 9.17) is 4.42 Å². The summed E-state index contributed by atoms with van der Waals surface area (Å²) >= 11 is 3.20. The zero-order valence-electron chi connectivity index (χ0n) is 14.5. The van der Waals surface area contributed by atoms with Crippen LogP contribution in [0, 0.1) is 0 Å². The molecule has 1 amide bonds. The van der Waals surface area contributed by atoms with Crippen LogP contribution in [0.3, 0.4) is 0 Å². The number of aryl methyl sites for hydroxylation is 1. The Hall–Kier alpha value is -1.79. The van der Waals surface area contributed by atoms with Crippen LogP contribution in [0.5, 0.6) is 0 Å². The van der Waals surface area contributed by atoms with Crippen LogP contribution < -0.4 is 10.2 Å². The third-order valence-corrected chi connectivity index (χ3v) is 4.96. The van der Waals surface area contributed by atoms with Gasteiger partial charge in [0.2, 0.25) is 0 Å². The number of carbonyl (C=O) groups is 1. The maximum atomic E-state index is 11.9. The first-order valence-corrected chi connectivity index (χ1v) is 9.47. The van der Waals surface area contributed by atoms with Crippen molar-refractivity contribution in [1.29, 1.82) is 0 Å². The SMILES string of the molecule is CN1CCN(c2ccc(CCCNC(=O)c3ccc(Br)o3)cc2)CC1. The molecule has 134 valence electrons. The number of amides is 1. The quantitative estimate of drug-likeness (QED) is 0.749. The third kappa shape index (κ3) is 5.09. The van der Waals surface area contributed by atoms with E-state index in [9.17, 15) is 4.79 Å². The van der Waals surface area contributed by atoms with Crippen LogP contribution in [-0.4, -0.2) is 50.6 Å². The standard InChI is InChI=1S/C19H24BrN3O2/c1-22-11-13-23(14-12-22)16-6-4-15(5-7-16)3-2-10-21-19(24)17-8-9-18(20)25-17/h4-9H,2-3,10-14H2,1H3,(H,21,24). The highest BCUT2D eigenvalue weighted by Gasteiger charge is 2.14. The van der Waals surface area contributed by atoms with Crippen molar-refractivity contribution in [3.05, 3.63) is 52.4 Å². The molecule has 3 rings (SSSR count). The smallest absolute Gasteiger partial charge is 0.287 e. The van der Waals surface area contributed by atoms with Gasteiger partial charge in [0.15, 0.2) is 10.4 Å². The molecule has 0 aliphatic carbocycles. The number of piperazine rings is 1. The largest absolute Gasteiger partial charge is 0.444 e. The van der Waals surface area contributed by atoms with Crippen molar-refractivity contribution in [2.24, 2.45) is 0 Å². The fourth-order valence-corrected chi connectivity index (χ4v) is 3.26. The van der Waals surface area contributed by atoms with Crippen LogP contribution in [-0.2, 0) is 6.42 Å². The first-order chi connectivity index (χ1) is 12.1. The predicted molar refractivity (Wildman–Crippen MR) is 103 cm³/mol. The Balaban J connectivity index is 1.40. The van der Waals surface area contributed by atoms with E-state index in [1.807, 2.05) is 0 Å². The number of carbonyl (C=O) groups excluding carboxylic acids is 1. The molecular weight excluding hydrogens is 382 g/mol. The van der Waals surface area contributed by atoms with Gasteiger partial charge in [-0.15, -0.1) is 0 Å². The van der Waals surface area contributed by atoms with Crippen LogP contribution in [0.4, 0.5) is 5.69 Å². The molecule has 6 heteroatoms.